The molecule has 134 valence electrons. The average Bonchev–Trinajstić information content (AvgIpc) is 3.04. The zero-order chi connectivity index (χ0) is 18.3. The number of hydrogen-bond acceptors (Lipinski definition) is 5. The van der Waals surface area contributed by atoms with Gasteiger partial charge in [-0.2, -0.15) is 0 Å². The van der Waals surface area contributed by atoms with E-state index in [2.05, 4.69) is 6.07 Å². The van der Waals surface area contributed by atoms with Crippen molar-refractivity contribution in [3.05, 3.63) is 52.8 Å². The minimum atomic E-state index is -0.289. The summed E-state index contributed by atoms with van der Waals surface area (Å²) >= 11 is 0. The number of carbonyl (C=O) groups excluding carboxylic acids is 1. The molecule has 2 N–H and O–H groups in total. The van der Waals surface area contributed by atoms with Crippen molar-refractivity contribution in [1.29, 1.82) is 0 Å². The highest BCUT2D eigenvalue weighted by molar-refractivity contribution is 6.16. The second-order valence-corrected chi connectivity index (χ2v) is 6.52. The first kappa shape index (κ1) is 16.5. The molecule has 2 aromatic carbocycles. The van der Waals surface area contributed by atoms with Gasteiger partial charge in [-0.25, -0.2) is 0 Å². The summed E-state index contributed by atoms with van der Waals surface area (Å²) in [4.78, 5) is 13.1. The first-order chi connectivity index (χ1) is 12.6. The predicted molar refractivity (Wildman–Crippen MR) is 100 cm³/mol. The lowest BCUT2D eigenvalue weighted by Crippen LogP contribution is -2.06. The minimum absolute atomic E-state index is 0.169. The zero-order valence-corrected chi connectivity index (χ0v) is 14.9. The fourth-order valence-electron chi connectivity index (χ4n) is 3.74. The maximum atomic E-state index is 13.1. The van der Waals surface area contributed by atoms with Crippen LogP contribution in [0.4, 0.5) is 5.69 Å². The van der Waals surface area contributed by atoms with E-state index in [0.29, 0.717) is 28.3 Å². The quantitative estimate of drug-likeness (QED) is 0.715. The van der Waals surface area contributed by atoms with Crippen LogP contribution in [0.5, 0.6) is 11.5 Å². The van der Waals surface area contributed by atoms with Crippen LogP contribution in [0.3, 0.4) is 0 Å². The van der Waals surface area contributed by atoms with Crippen molar-refractivity contribution in [3.8, 4) is 11.5 Å². The van der Waals surface area contributed by atoms with E-state index in [4.69, 9.17) is 19.6 Å². The maximum absolute atomic E-state index is 13.1. The standard InChI is InChI=1S/C21H21NO4/c1-24-13-8-9-15(17(11-13)25-2)20(23)21-19(22)18-14-6-4-3-5-12(14)7-10-16(18)26-21/h7-11H,3-6,22H2,1-2H3. The summed E-state index contributed by atoms with van der Waals surface area (Å²) in [5.74, 6) is 0.923. The Morgan fingerprint density at radius 1 is 1.08 bits per heavy atom. The summed E-state index contributed by atoms with van der Waals surface area (Å²) in [7, 11) is 3.08. The lowest BCUT2D eigenvalue weighted by molar-refractivity contribution is 0.101. The van der Waals surface area contributed by atoms with Gasteiger partial charge >= 0.3 is 0 Å². The molecule has 0 saturated heterocycles. The van der Waals surface area contributed by atoms with Crippen LogP contribution in [0.2, 0.25) is 0 Å². The van der Waals surface area contributed by atoms with Crippen LogP contribution in [0.1, 0.15) is 40.1 Å². The topological polar surface area (TPSA) is 74.7 Å². The molecule has 5 heteroatoms. The van der Waals surface area contributed by atoms with Crippen LogP contribution < -0.4 is 15.2 Å². The molecular formula is C21H21NO4. The van der Waals surface area contributed by atoms with Crippen LogP contribution in [0.15, 0.2) is 34.7 Å². The largest absolute Gasteiger partial charge is 0.497 e. The Morgan fingerprint density at radius 3 is 2.65 bits per heavy atom. The summed E-state index contributed by atoms with van der Waals surface area (Å²) in [6.45, 7) is 0. The molecule has 0 amide bonds. The lowest BCUT2D eigenvalue weighted by Gasteiger charge is -2.16. The van der Waals surface area contributed by atoms with Crippen molar-refractivity contribution < 1.29 is 18.7 Å². The van der Waals surface area contributed by atoms with Gasteiger partial charge in [0.2, 0.25) is 5.78 Å². The summed E-state index contributed by atoms with van der Waals surface area (Å²) in [5, 5.41) is 0.887. The molecule has 1 aliphatic carbocycles. The Hall–Kier alpha value is -2.95. The van der Waals surface area contributed by atoms with Gasteiger partial charge < -0.3 is 19.6 Å². The monoisotopic (exact) mass is 351 g/mol. The molecule has 0 unspecified atom stereocenters. The first-order valence-corrected chi connectivity index (χ1v) is 8.73. The third-order valence-electron chi connectivity index (χ3n) is 5.08. The summed E-state index contributed by atoms with van der Waals surface area (Å²) in [6, 6.07) is 9.06. The Labute approximate surface area is 151 Å². The van der Waals surface area contributed by atoms with Crippen LogP contribution in [0, 0.1) is 0 Å². The normalized spacial score (nSPS) is 13.5. The number of hydrogen-bond donors (Lipinski definition) is 1. The molecular weight excluding hydrogens is 330 g/mol. The number of nitrogen functional groups attached to an aromatic ring is 1. The second-order valence-electron chi connectivity index (χ2n) is 6.52. The van der Waals surface area contributed by atoms with Crippen LogP contribution in [-0.2, 0) is 12.8 Å². The highest BCUT2D eigenvalue weighted by Crippen LogP contribution is 2.38. The van der Waals surface area contributed by atoms with Crippen molar-refractivity contribution >= 4 is 22.4 Å². The Kier molecular flexibility index (Phi) is 4.07. The average molecular weight is 351 g/mol. The second kappa shape index (κ2) is 6.41. The van der Waals surface area contributed by atoms with Crippen molar-refractivity contribution in [2.75, 3.05) is 20.0 Å². The number of ether oxygens (including phenoxy) is 2. The van der Waals surface area contributed by atoms with E-state index in [9.17, 15) is 4.79 Å². The molecule has 0 saturated carbocycles. The molecule has 0 spiro atoms. The van der Waals surface area contributed by atoms with Gasteiger partial charge in [-0.05, 0) is 55.0 Å². The predicted octanol–water partition coefficient (Wildman–Crippen LogP) is 4.14. The number of ketones is 1. The number of carbonyl (C=O) groups is 1. The molecule has 1 aromatic heterocycles. The molecule has 0 atom stereocenters. The van der Waals surface area contributed by atoms with E-state index in [-0.39, 0.29) is 11.5 Å². The highest BCUT2D eigenvalue weighted by Gasteiger charge is 2.26. The summed E-state index contributed by atoms with van der Waals surface area (Å²) in [5.41, 5.74) is 10.4. The summed E-state index contributed by atoms with van der Waals surface area (Å²) in [6.07, 6.45) is 4.33. The maximum Gasteiger partial charge on any atom is 0.234 e. The van der Waals surface area contributed by atoms with Gasteiger partial charge in [-0.1, -0.05) is 6.07 Å². The molecule has 4 rings (SSSR count). The third kappa shape index (κ3) is 2.51. The van der Waals surface area contributed by atoms with Gasteiger partial charge in [0.15, 0.2) is 5.76 Å². The van der Waals surface area contributed by atoms with E-state index in [1.807, 2.05) is 6.07 Å². The highest BCUT2D eigenvalue weighted by atomic mass is 16.5. The number of nitrogens with two attached hydrogens (primary N) is 1. The minimum Gasteiger partial charge on any atom is -0.497 e. The Morgan fingerprint density at radius 2 is 1.88 bits per heavy atom. The number of methoxy groups -OCH3 is 2. The van der Waals surface area contributed by atoms with Crippen molar-refractivity contribution in [1.82, 2.24) is 0 Å². The van der Waals surface area contributed by atoms with Crippen LogP contribution >= 0.6 is 0 Å². The number of furan rings is 1. The molecule has 5 nitrogen and oxygen atoms in total. The third-order valence-corrected chi connectivity index (χ3v) is 5.08. The molecule has 3 aromatic rings. The van der Waals surface area contributed by atoms with Crippen LogP contribution in [-0.4, -0.2) is 20.0 Å². The number of rotatable bonds is 4. The lowest BCUT2D eigenvalue weighted by atomic mass is 9.89. The first-order valence-electron chi connectivity index (χ1n) is 8.73. The number of fused-ring (bicyclic) bond motifs is 3. The Bertz CT molecular complexity index is 1000. The van der Waals surface area contributed by atoms with Gasteiger partial charge in [-0.15, -0.1) is 0 Å². The molecule has 26 heavy (non-hydrogen) atoms. The van der Waals surface area contributed by atoms with E-state index < -0.39 is 0 Å². The van der Waals surface area contributed by atoms with E-state index in [1.54, 1.807) is 25.3 Å². The zero-order valence-electron chi connectivity index (χ0n) is 14.9. The Balaban J connectivity index is 1.85. The van der Waals surface area contributed by atoms with Gasteiger partial charge in [0.05, 0.1) is 25.5 Å². The molecule has 1 heterocycles. The van der Waals surface area contributed by atoms with Crippen LogP contribution in [0.25, 0.3) is 11.0 Å². The molecule has 0 aliphatic heterocycles. The molecule has 0 radical (unpaired) electrons. The van der Waals surface area contributed by atoms with Gasteiger partial charge in [-0.3, -0.25) is 4.79 Å². The van der Waals surface area contributed by atoms with Crippen molar-refractivity contribution in [2.24, 2.45) is 0 Å². The molecule has 0 fully saturated rings. The molecule has 0 bridgehead atoms. The number of aryl methyl sites for hydroxylation is 2. The number of benzene rings is 2. The van der Waals surface area contributed by atoms with Gasteiger partial charge in [0, 0.05) is 11.5 Å². The molecule has 1 aliphatic rings. The number of anilines is 1. The van der Waals surface area contributed by atoms with Gasteiger partial charge in [0.25, 0.3) is 0 Å². The van der Waals surface area contributed by atoms with Gasteiger partial charge in [0.1, 0.15) is 17.1 Å². The van der Waals surface area contributed by atoms with E-state index >= 15 is 0 Å². The van der Waals surface area contributed by atoms with Crippen molar-refractivity contribution in [3.63, 3.8) is 0 Å². The fraction of sp³-hybridized carbons (Fsp3) is 0.286. The van der Waals surface area contributed by atoms with Crippen molar-refractivity contribution in [2.45, 2.75) is 25.7 Å². The summed E-state index contributed by atoms with van der Waals surface area (Å²) < 4.78 is 16.4. The smallest absolute Gasteiger partial charge is 0.234 e. The van der Waals surface area contributed by atoms with E-state index in [0.717, 1.165) is 24.6 Å². The van der Waals surface area contributed by atoms with E-state index in [1.165, 1.54) is 24.7 Å². The SMILES string of the molecule is COc1ccc(C(=O)c2oc3ccc4c(c3c2N)CCCC4)c(OC)c1. The fourth-order valence-corrected chi connectivity index (χ4v) is 3.74.